The van der Waals surface area contributed by atoms with E-state index in [-0.39, 0.29) is 12.0 Å². The van der Waals surface area contributed by atoms with Gasteiger partial charge in [-0.25, -0.2) is 4.79 Å². The van der Waals surface area contributed by atoms with Gasteiger partial charge in [-0.15, -0.1) is 0 Å². The van der Waals surface area contributed by atoms with E-state index in [9.17, 15) is 9.59 Å². The number of benzene rings is 1. The molecule has 2 rings (SSSR count). The Labute approximate surface area is 174 Å². The highest BCUT2D eigenvalue weighted by Gasteiger charge is 2.15. The summed E-state index contributed by atoms with van der Waals surface area (Å²) in [5.41, 5.74) is 6.15. The summed E-state index contributed by atoms with van der Waals surface area (Å²) in [6, 6.07) is 8.99. The molecule has 0 fully saturated rings. The van der Waals surface area contributed by atoms with Gasteiger partial charge in [-0.1, -0.05) is 82.5 Å². The molecule has 6 heteroatoms. The highest BCUT2D eigenvalue weighted by atomic mass is 16.6. The van der Waals surface area contributed by atoms with Gasteiger partial charge in [0.05, 0.1) is 0 Å². The lowest BCUT2D eigenvalue weighted by Gasteiger charge is -2.19. The first-order valence-corrected chi connectivity index (χ1v) is 10.2. The molecule has 3 N–H and O–H groups in total. The molecule has 1 amide bonds. The number of nitrogens with two attached hydrogens (primary N) is 1. The van der Waals surface area contributed by atoms with Crippen LogP contribution in [0.5, 0.6) is 0 Å². The third-order valence-corrected chi connectivity index (χ3v) is 4.55. The van der Waals surface area contributed by atoms with Gasteiger partial charge >= 0.3 is 12.1 Å². The third kappa shape index (κ3) is 9.94. The number of carboxylic acids is 1. The largest absolute Gasteiger partial charge is 0.480 e. The first-order chi connectivity index (χ1) is 13.8. The fourth-order valence-electron chi connectivity index (χ4n) is 2.54. The number of allylic oxidation sites excluding steroid dienone is 2. The number of aliphatic carboxylic acids is 1. The number of hydrogen-bond acceptors (Lipinski definition) is 4. The molecule has 0 bridgehead atoms. The molecule has 0 unspecified atom stereocenters. The zero-order valence-electron chi connectivity index (χ0n) is 17.7. The van der Waals surface area contributed by atoms with Gasteiger partial charge in [0.15, 0.2) is 0 Å². The van der Waals surface area contributed by atoms with E-state index in [0.717, 1.165) is 12.0 Å². The fourth-order valence-corrected chi connectivity index (χ4v) is 2.54. The summed E-state index contributed by atoms with van der Waals surface area (Å²) < 4.78 is 5.29. The monoisotopic (exact) mass is 402 g/mol. The summed E-state index contributed by atoms with van der Waals surface area (Å²) in [6.45, 7) is 6.06. The van der Waals surface area contributed by atoms with Crippen molar-refractivity contribution in [2.75, 3.05) is 0 Å². The molecule has 0 spiro atoms. The molecule has 1 atom stereocenters. The molecule has 29 heavy (non-hydrogen) atoms. The highest BCUT2D eigenvalue weighted by molar-refractivity contribution is 5.73. The Balaban J connectivity index is 0.000000447. The van der Waals surface area contributed by atoms with E-state index in [2.05, 4.69) is 19.1 Å². The number of ether oxygens (including phenoxy) is 1. The highest BCUT2D eigenvalue weighted by Crippen LogP contribution is 2.18. The maximum absolute atomic E-state index is 11.9. The van der Waals surface area contributed by atoms with E-state index in [1.165, 1.54) is 24.2 Å². The van der Waals surface area contributed by atoms with Gasteiger partial charge in [-0.05, 0) is 23.8 Å². The Kier molecular flexibility index (Phi) is 11.4. The van der Waals surface area contributed by atoms with Crippen molar-refractivity contribution in [1.82, 2.24) is 4.90 Å². The Hall–Kier alpha value is -2.60. The number of rotatable bonds is 8. The van der Waals surface area contributed by atoms with Crippen molar-refractivity contribution in [3.8, 4) is 0 Å². The Morgan fingerprint density at radius 2 is 1.76 bits per heavy atom. The van der Waals surface area contributed by atoms with Crippen LogP contribution < -0.4 is 5.73 Å². The van der Waals surface area contributed by atoms with Gasteiger partial charge < -0.3 is 15.6 Å². The minimum absolute atomic E-state index is 0.0208. The fraction of sp³-hybridized carbons (Fsp3) is 0.478. The maximum Gasteiger partial charge on any atom is 0.418 e. The maximum atomic E-state index is 11.9. The van der Waals surface area contributed by atoms with E-state index in [1.54, 1.807) is 13.8 Å². The van der Waals surface area contributed by atoms with Crippen LogP contribution in [0.15, 0.2) is 54.9 Å². The molecule has 1 aliphatic heterocycles. The van der Waals surface area contributed by atoms with Crippen LogP contribution in [0, 0.1) is 11.8 Å². The first kappa shape index (κ1) is 24.4. The van der Waals surface area contributed by atoms with Gasteiger partial charge in [-0.2, -0.15) is 0 Å². The van der Waals surface area contributed by atoms with Crippen molar-refractivity contribution in [1.29, 1.82) is 0 Å². The summed E-state index contributed by atoms with van der Waals surface area (Å²) in [5.74, 6) is -0.470. The molecule has 1 aliphatic rings. The molecular weight excluding hydrogens is 368 g/mol. The minimum atomic E-state index is -0.931. The van der Waals surface area contributed by atoms with Crippen molar-refractivity contribution in [2.45, 2.75) is 59.1 Å². The molecule has 1 aromatic carbocycles. The minimum Gasteiger partial charge on any atom is -0.480 e. The zero-order chi connectivity index (χ0) is 21.6. The van der Waals surface area contributed by atoms with Crippen LogP contribution in [0.4, 0.5) is 4.79 Å². The Bertz CT molecular complexity index is 657. The van der Waals surface area contributed by atoms with Crippen molar-refractivity contribution in [2.24, 2.45) is 17.6 Å². The van der Waals surface area contributed by atoms with E-state index < -0.39 is 12.0 Å². The van der Waals surface area contributed by atoms with Gasteiger partial charge in [0.2, 0.25) is 0 Å². The quantitative estimate of drug-likeness (QED) is 0.602. The number of unbranched alkanes of at least 4 members (excludes halogenated alkanes) is 2. The predicted molar refractivity (Wildman–Crippen MR) is 115 cm³/mol. The second kappa shape index (κ2) is 13.6. The molecule has 0 radical (unpaired) electrons. The number of amides is 1. The summed E-state index contributed by atoms with van der Waals surface area (Å²) in [4.78, 5) is 23.5. The number of carbonyl (C=O) groups excluding carboxylic acids is 1. The lowest BCUT2D eigenvalue weighted by Crippen LogP contribution is -2.34. The standard InChI is InChI=1S/C18H23NO2.C5H11NO2/c1-2-3-5-8-16-11-13-19(14-12-16)18(20)21-15-17-9-6-4-7-10-17;1-3(2)4(6)5(7)8/h4,6-7,9-14,16H,2-3,5,8,15H2,1H3;3-4H,6H2,1-2H3,(H,7,8)/t;4-/m.0/s1. The number of nitrogens with zero attached hydrogens (tertiary/aromatic N) is 1. The van der Waals surface area contributed by atoms with E-state index in [1.807, 2.05) is 42.7 Å². The smallest absolute Gasteiger partial charge is 0.418 e. The van der Waals surface area contributed by atoms with Gasteiger partial charge in [-0.3, -0.25) is 9.69 Å². The van der Waals surface area contributed by atoms with Crippen LogP contribution in [0.2, 0.25) is 0 Å². The van der Waals surface area contributed by atoms with Crippen molar-refractivity contribution in [3.05, 3.63) is 60.4 Å². The van der Waals surface area contributed by atoms with Crippen LogP contribution in [0.3, 0.4) is 0 Å². The van der Waals surface area contributed by atoms with Crippen LogP contribution in [-0.2, 0) is 16.1 Å². The predicted octanol–water partition coefficient (Wildman–Crippen LogP) is 4.92. The third-order valence-electron chi connectivity index (χ3n) is 4.55. The van der Waals surface area contributed by atoms with Crippen molar-refractivity contribution >= 4 is 12.1 Å². The molecule has 0 saturated heterocycles. The van der Waals surface area contributed by atoms with Gasteiger partial charge in [0, 0.05) is 12.4 Å². The summed E-state index contributed by atoms with van der Waals surface area (Å²) in [5, 5.41) is 8.23. The van der Waals surface area contributed by atoms with E-state index in [0.29, 0.717) is 12.5 Å². The van der Waals surface area contributed by atoms with Crippen LogP contribution in [0.1, 0.15) is 52.0 Å². The van der Waals surface area contributed by atoms with Gasteiger partial charge in [0.1, 0.15) is 12.6 Å². The summed E-state index contributed by atoms with van der Waals surface area (Å²) >= 11 is 0. The van der Waals surface area contributed by atoms with Crippen LogP contribution >= 0.6 is 0 Å². The number of carbonyl (C=O) groups is 2. The van der Waals surface area contributed by atoms with Crippen LogP contribution in [-0.4, -0.2) is 28.1 Å². The lowest BCUT2D eigenvalue weighted by atomic mass is 10.00. The van der Waals surface area contributed by atoms with E-state index in [4.69, 9.17) is 15.6 Å². The number of carboxylic acid groups (broad SMARTS) is 1. The normalized spacial score (nSPS) is 14.3. The average Bonchev–Trinajstić information content (AvgIpc) is 2.73. The van der Waals surface area contributed by atoms with Crippen molar-refractivity contribution < 1.29 is 19.4 Å². The summed E-state index contributed by atoms with van der Waals surface area (Å²) in [6.07, 6.45) is 12.3. The Morgan fingerprint density at radius 3 is 2.24 bits per heavy atom. The Morgan fingerprint density at radius 1 is 1.14 bits per heavy atom. The summed E-state index contributed by atoms with van der Waals surface area (Å²) in [7, 11) is 0. The molecule has 0 aromatic heterocycles. The SMILES string of the molecule is CC(C)[C@H](N)C(=O)O.CCCCCC1C=CN(C(=O)OCc2ccccc2)C=C1. The molecule has 0 aliphatic carbocycles. The number of hydrogen-bond donors (Lipinski definition) is 2. The van der Waals surface area contributed by atoms with Gasteiger partial charge in [0.25, 0.3) is 0 Å². The molecule has 160 valence electrons. The second-order valence-corrected chi connectivity index (χ2v) is 7.40. The molecule has 1 heterocycles. The molecule has 0 saturated carbocycles. The average molecular weight is 403 g/mol. The molecule has 6 nitrogen and oxygen atoms in total. The van der Waals surface area contributed by atoms with Crippen molar-refractivity contribution in [3.63, 3.8) is 0 Å². The molecular formula is C23H34N2O4. The zero-order valence-corrected chi connectivity index (χ0v) is 17.7. The first-order valence-electron chi connectivity index (χ1n) is 10.2. The topological polar surface area (TPSA) is 92.9 Å². The molecule has 1 aromatic rings. The second-order valence-electron chi connectivity index (χ2n) is 7.40. The van der Waals surface area contributed by atoms with E-state index >= 15 is 0 Å². The lowest BCUT2D eigenvalue weighted by molar-refractivity contribution is -0.139. The van der Waals surface area contributed by atoms with Crippen LogP contribution in [0.25, 0.3) is 0 Å².